The molecule has 0 spiro atoms. The molecular formula is C7H11N5O2S. The Morgan fingerprint density at radius 1 is 1.40 bits per heavy atom. The number of sulfonamides is 1. The molecule has 0 aromatic heterocycles. The molecule has 15 heavy (non-hydrogen) atoms. The van der Waals surface area contributed by atoms with E-state index in [0.717, 1.165) is 0 Å². The number of benzene rings is 1. The minimum atomic E-state index is -3.73. The smallest absolute Gasteiger partial charge is 0.238 e. The predicted octanol–water partition coefficient (Wildman–Crippen LogP) is -1.26. The zero-order valence-corrected chi connectivity index (χ0v) is 8.53. The van der Waals surface area contributed by atoms with Gasteiger partial charge in [0.2, 0.25) is 16.0 Å². The highest BCUT2D eigenvalue weighted by molar-refractivity contribution is 7.89. The van der Waals surface area contributed by atoms with Crippen LogP contribution in [-0.4, -0.2) is 14.4 Å². The van der Waals surface area contributed by atoms with Crippen LogP contribution < -0.4 is 22.1 Å². The Bertz CT molecular complexity index is 482. The summed E-state index contributed by atoms with van der Waals surface area (Å²) in [4.78, 5) is 3.76. The van der Waals surface area contributed by atoms with Crippen LogP contribution in [0.25, 0.3) is 0 Å². The first-order valence-electron chi connectivity index (χ1n) is 3.87. The van der Waals surface area contributed by atoms with Gasteiger partial charge in [-0.15, -0.1) is 0 Å². The maximum atomic E-state index is 11.0. The van der Waals surface area contributed by atoms with Crippen molar-refractivity contribution in [3.05, 3.63) is 24.3 Å². The third-order valence-corrected chi connectivity index (χ3v) is 2.45. The first kappa shape index (κ1) is 11.4. The van der Waals surface area contributed by atoms with Crippen molar-refractivity contribution in [1.29, 1.82) is 0 Å². The Hall–Kier alpha value is -1.64. The number of hydrogen-bond donors (Lipinski definition) is 4. The van der Waals surface area contributed by atoms with Crippen molar-refractivity contribution in [3.63, 3.8) is 0 Å². The summed E-state index contributed by atoms with van der Waals surface area (Å²) in [6.07, 6.45) is 0. The number of nitrogens with zero attached hydrogens (tertiary/aromatic N) is 1. The molecular weight excluding hydrogens is 218 g/mol. The zero-order valence-electron chi connectivity index (χ0n) is 7.71. The molecule has 7 N–H and O–H groups in total. The van der Waals surface area contributed by atoms with Crippen LogP contribution in [0.3, 0.4) is 0 Å². The molecule has 0 amide bonds. The van der Waals surface area contributed by atoms with Crippen LogP contribution in [0.2, 0.25) is 0 Å². The molecule has 0 saturated carbocycles. The molecule has 82 valence electrons. The van der Waals surface area contributed by atoms with Gasteiger partial charge in [0.1, 0.15) is 0 Å². The summed E-state index contributed by atoms with van der Waals surface area (Å²) in [5.41, 5.74) is 7.76. The van der Waals surface area contributed by atoms with E-state index in [1.54, 1.807) is 6.07 Å². The van der Waals surface area contributed by atoms with Crippen molar-refractivity contribution in [3.8, 4) is 0 Å². The Kier molecular flexibility index (Phi) is 3.24. The molecule has 0 atom stereocenters. The maximum absolute atomic E-state index is 11.0. The monoisotopic (exact) mass is 229 g/mol. The van der Waals surface area contributed by atoms with Gasteiger partial charge in [-0.2, -0.15) is 0 Å². The minimum Gasteiger partial charge on any atom is -0.369 e. The van der Waals surface area contributed by atoms with E-state index in [0.29, 0.717) is 5.69 Å². The van der Waals surface area contributed by atoms with Gasteiger partial charge >= 0.3 is 0 Å². The van der Waals surface area contributed by atoms with Crippen LogP contribution in [-0.2, 0) is 10.0 Å². The van der Waals surface area contributed by atoms with Crippen LogP contribution in [0.1, 0.15) is 0 Å². The van der Waals surface area contributed by atoms with E-state index in [-0.39, 0.29) is 10.9 Å². The highest BCUT2D eigenvalue weighted by Crippen LogP contribution is 2.16. The van der Waals surface area contributed by atoms with Gasteiger partial charge in [0.15, 0.2) is 0 Å². The van der Waals surface area contributed by atoms with Crippen molar-refractivity contribution in [2.75, 3.05) is 0 Å². The fraction of sp³-hybridized carbons (Fsp3) is 0. The molecule has 0 saturated heterocycles. The summed E-state index contributed by atoms with van der Waals surface area (Å²) in [5.74, 6) is 4.97. The second kappa shape index (κ2) is 4.26. The van der Waals surface area contributed by atoms with Gasteiger partial charge in [-0.25, -0.2) is 24.4 Å². The largest absolute Gasteiger partial charge is 0.369 e. The summed E-state index contributed by atoms with van der Waals surface area (Å²) in [6, 6.07) is 5.72. The summed E-state index contributed by atoms with van der Waals surface area (Å²) in [5, 5.41) is 4.94. The molecule has 0 bridgehead atoms. The van der Waals surface area contributed by atoms with Crippen LogP contribution in [0.5, 0.6) is 0 Å². The molecule has 0 unspecified atom stereocenters. The Labute approximate surface area is 87.0 Å². The van der Waals surface area contributed by atoms with E-state index in [1.165, 1.54) is 18.2 Å². The van der Waals surface area contributed by atoms with Gasteiger partial charge in [-0.1, -0.05) is 6.07 Å². The lowest BCUT2D eigenvalue weighted by atomic mass is 10.3. The number of guanidine groups is 1. The van der Waals surface area contributed by atoms with E-state index in [9.17, 15) is 8.42 Å². The molecule has 1 aromatic rings. The Balaban J connectivity index is 3.15. The van der Waals surface area contributed by atoms with Gasteiger partial charge < -0.3 is 5.73 Å². The van der Waals surface area contributed by atoms with Gasteiger partial charge in [0, 0.05) is 0 Å². The lowest BCUT2D eigenvalue weighted by Crippen LogP contribution is -2.36. The number of hydrazine groups is 1. The quantitative estimate of drug-likeness (QED) is 0.217. The molecule has 8 heteroatoms. The maximum Gasteiger partial charge on any atom is 0.238 e. The van der Waals surface area contributed by atoms with E-state index in [2.05, 4.69) is 10.4 Å². The Morgan fingerprint density at radius 2 is 2.07 bits per heavy atom. The van der Waals surface area contributed by atoms with E-state index >= 15 is 0 Å². The van der Waals surface area contributed by atoms with Gasteiger partial charge in [0.05, 0.1) is 10.6 Å². The summed E-state index contributed by atoms with van der Waals surface area (Å²) in [6.45, 7) is 0. The second-order valence-electron chi connectivity index (χ2n) is 2.68. The highest BCUT2D eigenvalue weighted by Gasteiger charge is 2.07. The molecule has 1 aromatic carbocycles. The van der Waals surface area contributed by atoms with Crippen molar-refractivity contribution in [2.24, 2.45) is 21.7 Å². The molecule has 0 aliphatic carbocycles. The van der Waals surface area contributed by atoms with Crippen molar-refractivity contribution < 1.29 is 8.42 Å². The third-order valence-electron chi connectivity index (χ3n) is 1.54. The average Bonchev–Trinajstić information content (AvgIpc) is 2.17. The van der Waals surface area contributed by atoms with E-state index in [1.807, 2.05) is 0 Å². The van der Waals surface area contributed by atoms with Gasteiger partial charge in [-0.3, -0.25) is 5.43 Å². The topological polar surface area (TPSA) is 137 Å². The minimum absolute atomic E-state index is 0.0263. The van der Waals surface area contributed by atoms with Crippen LogP contribution in [0, 0.1) is 0 Å². The predicted molar refractivity (Wildman–Crippen MR) is 56.4 cm³/mol. The van der Waals surface area contributed by atoms with Crippen LogP contribution >= 0.6 is 0 Å². The summed E-state index contributed by atoms with van der Waals surface area (Å²) < 4.78 is 22.0. The SMILES string of the molecule is NNC(N)=Nc1cccc(S(N)(=O)=O)c1. The Morgan fingerprint density at radius 3 is 2.60 bits per heavy atom. The zero-order chi connectivity index (χ0) is 11.5. The molecule has 0 radical (unpaired) electrons. The van der Waals surface area contributed by atoms with Gasteiger partial charge in [-0.05, 0) is 18.2 Å². The number of rotatable bonds is 2. The van der Waals surface area contributed by atoms with Crippen LogP contribution in [0.15, 0.2) is 34.2 Å². The summed E-state index contributed by atoms with van der Waals surface area (Å²) >= 11 is 0. The lowest BCUT2D eigenvalue weighted by Gasteiger charge is -2.01. The third kappa shape index (κ3) is 3.20. The van der Waals surface area contributed by atoms with E-state index < -0.39 is 10.0 Å². The number of nitrogens with one attached hydrogen (secondary N) is 1. The first-order valence-corrected chi connectivity index (χ1v) is 5.42. The second-order valence-corrected chi connectivity index (χ2v) is 4.25. The van der Waals surface area contributed by atoms with Gasteiger partial charge in [0.25, 0.3) is 0 Å². The average molecular weight is 229 g/mol. The molecule has 0 heterocycles. The molecule has 1 rings (SSSR count). The number of aliphatic imine (C=N–C) groups is 1. The normalized spacial score (nSPS) is 12.5. The van der Waals surface area contributed by atoms with Crippen molar-refractivity contribution >= 4 is 21.7 Å². The number of primary sulfonamides is 1. The van der Waals surface area contributed by atoms with E-state index in [4.69, 9.17) is 16.7 Å². The molecule has 0 aliphatic rings. The van der Waals surface area contributed by atoms with Crippen molar-refractivity contribution in [2.45, 2.75) is 4.90 Å². The van der Waals surface area contributed by atoms with Crippen molar-refractivity contribution in [1.82, 2.24) is 5.43 Å². The van der Waals surface area contributed by atoms with Crippen LogP contribution in [0.4, 0.5) is 5.69 Å². The lowest BCUT2D eigenvalue weighted by molar-refractivity contribution is 0.598. The highest BCUT2D eigenvalue weighted by atomic mass is 32.2. The molecule has 0 fully saturated rings. The summed E-state index contributed by atoms with van der Waals surface area (Å²) in [7, 11) is -3.73. The first-order chi connectivity index (χ1) is 6.93. The number of nitrogens with two attached hydrogens (primary N) is 3. The standard InChI is InChI=1S/C7H11N5O2S/c8-7(12-9)11-5-2-1-3-6(4-5)15(10,13)14/h1-4H,9H2,(H3,8,11,12)(H2,10,13,14). The molecule has 7 nitrogen and oxygen atoms in total. The fourth-order valence-corrected chi connectivity index (χ4v) is 1.45. The number of hydrogen-bond acceptors (Lipinski definition) is 4. The fourth-order valence-electron chi connectivity index (χ4n) is 0.901. The molecule has 0 aliphatic heterocycles.